The number of rotatable bonds is 2. The van der Waals surface area contributed by atoms with Crippen LogP contribution in [0.15, 0.2) is 12.1 Å². The van der Waals surface area contributed by atoms with Gasteiger partial charge in [-0.05, 0) is 32.8 Å². The molecule has 0 radical (unpaired) electrons. The number of fused-ring (bicyclic) bond motifs is 1. The van der Waals surface area contributed by atoms with Crippen LogP contribution in [0.25, 0.3) is 11.2 Å². The SMILES string of the molecule is COc1ccc2nc(N)n(C3CCOC(C)(C)C3)c2n1. The maximum Gasteiger partial charge on any atom is 0.215 e. The monoisotopic (exact) mass is 276 g/mol. The molecule has 1 atom stereocenters. The lowest BCUT2D eigenvalue weighted by Crippen LogP contribution is -2.35. The van der Waals surface area contributed by atoms with Crippen LogP contribution in [-0.4, -0.2) is 33.9 Å². The second-order valence-corrected chi connectivity index (χ2v) is 5.79. The molecule has 108 valence electrons. The molecule has 0 bridgehead atoms. The lowest BCUT2D eigenvalue weighted by atomic mass is 9.94. The van der Waals surface area contributed by atoms with Gasteiger partial charge in [0.15, 0.2) is 5.65 Å². The smallest absolute Gasteiger partial charge is 0.215 e. The highest BCUT2D eigenvalue weighted by atomic mass is 16.5. The first kappa shape index (κ1) is 13.2. The third-order valence-corrected chi connectivity index (χ3v) is 3.78. The molecule has 20 heavy (non-hydrogen) atoms. The summed E-state index contributed by atoms with van der Waals surface area (Å²) < 4.78 is 13.0. The van der Waals surface area contributed by atoms with Gasteiger partial charge in [0, 0.05) is 18.7 Å². The van der Waals surface area contributed by atoms with Crippen LogP contribution >= 0.6 is 0 Å². The average Bonchev–Trinajstić information content (AvgIpc) is 2.72. The standard InChI is InChI=1S/C14H20N4O2/c1-14(2)8-9(6-7-20-14)18-12-10(16-13(18)15)4-5-11(17-12)19-3/h4-5,9H,6-8H2,1-3H3,(H2,15,16). The number of hydrogen-bond donors (Lipinski definition) is 1. The van der Waals surface area contributed by atoms with Gasteiger partial charge in [-0.15, -0.1) is 0 Å². The molecule has 6 nitrogen and oxygen atoms in total. The van der Waals surface area contributed by atoms with Crippen molar-refractivity contribution in [3.63, 3.8) is 0 Å². The lowest BCUT2D eigenvalue weighted by molar-refractivity contribution is -0.0682. The van der Waals surface area contributed by atoms with Crippen LogP contribution in [0.5, 0.6) is 5.88 Å². The summed E-state index contributed by atoms with van der Waals surface area (Å²) in [5.41, 5.74) is 7.53. The second kappa shape index (κ2) is 4.63. The van der Waals surface area contributed by atoms with E-state index in [1.807, 2.05) is 10.6 Å². The van der Waals surface area contributed by atoms with Gasteiger partial charge in [-0.25, -0.2) is 4.98 Å². The van der Waals surface area contributed by atoms with Crippen molar-refractivity contribution in [2.75, 3.05) is 19.5 Å². The molecule has 2 aromatic heterocycles. The topological polar surface area (TPSA) is 75.2 Å². The third-order valence-electron chi connectivity index (χ3n) is 3.78. The molecular formula is C14H20N4O2. The summed E-state index contributed by atoms with van der Waals surface area (Å²) in [6, 6.07) is 3.94. The van der Waals surface area contributed by atoms with E-state index in [-0.39, 0.29) is 11.6 Å². The van der Waals surface area contributed by atoms with Crippen LogP contribution in [0.4, 0.5) is 5.95 Å². The summed E-state index contributed by atoms with van der Waals surface area (Å²) >= 11 is 0. The first-order valence-corrected chi connectivity index (χ1v) is 6.82. The highest BCUT2D eigenvalue weighted by Crippen LogP contribution is 2.35. The van der Waals surface area contributed by atoms with E-state index in [1.54, 1.807) is 13.2 Å². The van der Waals surface area contributed by atoms with E-state index in [0.717, 1.165) is 30.6 Å². The van der Waals surface area contributed by atoms with Crippen LogP contribution in [0, 0.1) is 0 Å². The number of nitrogens with two attached hydrogens (primary N) is 1. The highest BCUT2D eigenvalue weighted by Gasteiger charge is 2.32. The van der Waals surface area contributed by atoms with Crippen molar-refractivity contribution >= 4 is 17.1 Å². The Morgan fingerprint density at radius 2 is 2.20 bits per heavy atom. The van der Waals surface area contributed by atoms with Crippen molar-refractivity contribution in [1.82, 2.24) is 14.5 Å². The number of anilines is 1. The number of ether oxygens (including phenoxy) is 2. The van der Waals surface area contributed by atoms with Gasteiger partial charge < -0.3 is 15.2 Å². The molecule has 0 spiro atoms. The zero-order chi connectivity index (χ0) is 14.3. The molecular weight excluding hydrogens is 256 g/mol. The van der Waals surface area contributed by atoms with E-state index in [4.69, 9.17) is 15.2 Å². The van der Waals surface area contributed by atoms with Crippen molar-refractivity contribution in [2.45, 2.75) is 38.3 Å². The van der Waals surface area contributed by atoms with E-state index in [1.165, 1.54) is 0 Å². The minimum Gasteiger partial charge on any atom is -0.481 e. The molecule has 2 aromatic rings. The average molecular weight is 276 g/mol. The van der Waals surface area contributed by atoms with Crippen LogP contribution < -0.4 is 10.5 Å². The van der Waals surface area contributed by atoms with Crippen molar-refractivity contribution in [3.8, 4) is 5.88 Å². The van der Waals surface area contributed by atoms with Gasteiger partial charge in [0.05, 0.1) is 12.7 Å². The van der Waals surface area contributed by atoms with Crippen molar-refractivity contribution in [2.24, 2.45) is 0 Å². The Hall–Kier alpha value is -1.82. The maximum atomic E-state index is 6.09. The molecule has 2 N–H and O–H groups in total. The van der Waals surface area contributed by atoms with Gasteiger partial charge in [0.1, 0.15) is 5.52 Å². The number of hydrogen-bond acceptors (Lipinski definition) is 5. The predicted octanol–water partition coefficient (Wildman–Crippen LogP) is 2.15. The fourth-order valence-electron chi connectivity index (χ4n) is 2.87. The summed E-state index contributed by atoms with van der Waals surface area (Å²) in [7, 11) is 1.61. The van der Waals surface area contributed by atoms with Gasteiger partial charge in [-0.3, -0.25) is 4.57 Å². The van der Waals surface area contributed by atoms with Crippen LogP contribution in [-0.2, 0) is 4.74 Å². The number of nitrogens with zero attached hydrogens (tertiary/aromatic N) is 3. The first-order chi connectivity index (χ1) is 9.50. The maximum absolute atomic E-state index is 6.09. The zero-order valence-corrected chi connectivity index (χ0v) is 12.1. The third kappa shape index (κ3) is 2.20. The van der Waals surface area contributed by atoms with Gasteiger partial charge >= 0.3 is 0 Å². The van der Waals surface area contributed by atoms with Crippen molar-refractivity contribution < 1.29 is 9.47 Å². The summed E-state index contributed by atoms with van der Waals surface area (Å²) in [4.78, 5) is 8.89. The number of imidazole rings is 1. The summed E-state index contributed by atoms with van der Waals surface area (Å²) in [5.74, 6) is 1.08. The van der Waals surface area contributed by atoms with E-state index >= 15 is 0 Å². The van der Waals surface area contributed by atoms with Gasteiger partial charge in [0.2, 0.25) is 11.8 Å². The Labute approximate surface area is 117 Å². The molecule has 3 rings (SSSR count). The number of pyridine rings is 1. The molecule has 1 fully saturated rings. The number of nitrogen functional groups attached to an aromatic ring is 1. The van der Waals surface area contributed by atoms with Crippen LogP contribution in [0.2, 0.25) is 0 Å². The largest absolute Gasteiger partial charge is 0.481 e. The van der Waals surface area contributed by atoms with Gasteiger partial charge in [-0.2, -0.15) is 4.98 Å². The Balaban J connectivity index is 2.07. The van der Waals surface area contributed by atoms with Crippen LogP contribution in [0.1, 0.15) is 32.7 Å². The second-order valence-electron chi connectivity index (χ2n) is 5.79. The predicted molar refractivity (Wildman–Crippen MR) is 76.8 cm³/mol. The fourth-order valence-corrected chi connectivity index (χ4v) is 2.87. The Morgan fingerprint density at radius 3 is 2.90 bits per heavy atom. The highest BCUT2D eigenvalue weighted by molar-refractivity contribution is 5.75. The zero-order valence-electron chi connectivity index (χ0n) is 12.1. The minimum atomic E-state index is -0.148. The van der Waals surface area contributed by atoms with Gasteiger partial charge in [0.25, 0.3) is 0 Å². The molecule has 0 aliphatic carbocycles. The Kier molecular flexibility index (Phi) is 3.05. The number of aromatic nitrogens is 3. The van der Waals surface area contributed by atoms with Gasteiger partial charge in [-0.1, -0.05) is 0 Å². The normalized spacial score (nSPS) is 22.1. The van der Waals surface area contributed by atoms with E-state index in [9.17, 15) is 0 Å². The summed E-state index contributed by atoms with van der Waals surface area (Å²) in [6.45, 7) is 4.92. The van der Waals surface area contributed by atoms with E-state index in [0.29, 0.717) is 11.8 Å². The molecule has 0 amide bonds. The molecule has 1 aliphatic heterocycles. The van der Waals surface area contributed by atoms with E-state index in [2.05, 4.69) is 23.8 Å². The fraction of sp³-hybridized carbons (Fsp3) is 0.571. The minimum absolute atomic E-state index is 0.148. The first-order valence-electron chi connectivity index (χ1n) is 6.82. The Morgan fingerprint density at radius 1 is 1.40 bits per heavy atom. The molecule has 6 heteroatoms. The quantitative estimate of drug-likeness (QED) is 0.909. The van der Waals surface area contributed by atoms with Crippen LogP contribution in [0.3, 0.4) is 0 Å². The molecule has 0 saturated carbocycles. The molecule has 3 heterocycles. The van der Waals surface area contributed by atoms with E-state index < -0.39 is 0 Å². The van der Waals surface area contributed by atoms with Crippen molar-refractivity contribution in [1.29, 1.82) is 0 Å². The molecule has 0 aromatic carbocycles. The number of methoxy groups -OCH3 is 1. The molecule has 1 unspecified atom stereocenters. The molecule has 1 saturated heterocycles. The van der Waals surface area contributed by atoms with Crippen molar-refractivity contribution in [3.05, 3.63) is 12.1 Å². The summed E-state index contributed by atoms with van der Waals surface area (Å²) in [5, 5.41) is 0. The summed E-state index contributed by atoms with van der Waals surface area (Å²) in [6.07, 6.45) is 1.81. The lowest BCUT2D eigenvalue weighted by Gasteiger charge is -2.36. The molecule has 1 aliphatic rings. The Bertz CT molecular complexity index is 635.